The van der Waals surface area contributed by atoms with Gasteiger partial charge >= 0.3 is 12.0 Å². The minimum atomic E-state index is -1.28. The first kappa shape index (κ1) is 22.3. The molecule has 2 aromatic rings. The molecule has 0 aliphatic carbocycles. The van der Waals surface area contributed by atoms with E-state index in [0.29, 0.717) is 5.69 Å². The van der Waals surface area contributed by atoms with Crippen molar-refractivity contribution in [2.75, 3.05) is 19.0 Å². The van der Waals surface area contributed by atoms with Crippen molar-refractivity contribution < 1.29 is 24.0 Å². The summed E-state index contributed by atoms with van der Waals surface area (Å²) in [6.07, 6.45) is -1.28. The Bertz CT molecular complexity index is 946. The number of benzene rings is 2. The van der Waals surface area contributed by atoms with Crippen LogP contribution in [0.15, 0.2) is 48.5 Å². The molecule has 10 nitrogen and oxygen atoms in total. The van der Waals surface area contributed by atoms with E-state index >= 15 is 0 Å². The third-order valence-corrected chi connectivity index (χ3v) is 4.08. The number of hydrogen-bond donors (Lipinski definition) is 2. The van der Waals surface area contributed by atoms with Gasteiger partial charge in [0.05, 0.1) is 10.5 Å². The van der Waals surface area contributed by atoms with Gasteiger partial charge in [-0.05, 0) is 24.6 Å². The number of nitrogens with one attached hydrogen (secondary N) is 2. The van der Waals surface area contributed by atoms with Crippen molar-refractivity contribution in [3.05, 3.63) is 69.8 Å². The molecule has 0 fully saturated rings. The lowest BCUT2D eigenvalue weighted by molar-refractivity contribution is -0.384. The average Bonchev–Trinajstić information content (AvgIpc) is 2.72. The molecule has 0 heterocycles. The molecule has 0 radical (unpaired) electrons. The molecule has 1 atom stereocenters. The number of anilines is 1. The topological polar surface area (TPSA) is 131 Å². The highest BCUT2D eigenvalue weighted by atomic mass is 16.6. The van der Waals surface area contributed by atoms with E-state index < -0.39 is 28.9 Å². The van der Waals surface area contributed by atoms with Crippen LogP contribution in [0.4, 0.5) is 16.2 Å². The Labute approximate surface area is 173 Å². The van der Waals surface area contributed by atoms with Gasteiger partial charge in [-0.1, -0.05) is 30.3 Å². The van der Waals surface area contributed by atoms with Gasteiger partial charge in [-0.2, -0.15) is 0 Å². The van der Waals surface area contributed by atoms with Crippen molar-refractivity contribution >= 4 is 29.3 Å². The summed E-state index contributed by atoms with van der Waals surface area (Å²) in [5, 5.41) is 15.8. The Kier molecular flexibility index (Phi) is 7.45. The summed E-state index contributed by atoms with van der Waals surface area (Å²) in [5.41, 5.74) is 0.812. The largest absolute Gasteiger partial charge is 0.449 e. The maximum Gasteiger partial charge on any atom is 0.339 e. The molecular formula is C20H22N4O6. The number of imide groups is 1. The van der Waals surface area contributed by atoms with Crippen LogP contribution >= 0.6 is 0 Å². The third-order valence-electron chi connectivity index (χ3n) is 4.08. The number of esters is 1. The number of carbonyl (C=O) groups excluding carboxylic acids is 3. The Morgan fingerprint density at radius 2 is 1.80 bits per heavy atom. The van der Waals surface area contributed by atoms with Crippen molar-refractivity contribution in [2.24, 2.45) is 0 Å². The fraction of sp³-hybridized carbons (Fsp3) is 0.250. The highest BCUT2D eigenvalue weighted by molar-refractivity contribution is 5.98. The summed E-state index contributed by atoms with van der Waals surface area (Å²) in [4.78, 5) is 48.4. The van der Waals surface area contributed by atoms with Crippen LogP contribution in [0.25, 0.3) is 0 Å². The summed E-state index contributed by atoms with van der Waals surface area (Å²) in [7, 11) is 3.27. The van der Waals surface area contributed by atoms with E-state index in [1.54, 1.807) is 14.1 Å². The first-order valence-electron chi connectivity index (χ1n) is 8.98. The molecule has 10 heteroatoms. The molecule has 0 unspecified atom stereocenters. The van der Waals surface area contributed by atoms with E-state index in [1.165, 1.54) is 24.0 Å². The Morgan fingerprint density at radius 1 is 1.13 bits per heavy atom. The van der Waals surface area contributed by atoms with Crippen LogP contribution in [-0.4, -0.2) is 43.0 Å². The average molecular weight is 414 g/mol. The highest BCUT2D eigenvalue weighted by Gasteiger charge is 2.24. The molecule has 158 valence electrons. The number of nitro groups is 1. The minimum absolute atomic E-state index is 0.0829. The lowest BCUT2D eigenvalue weighted by atomic mass is 10.1. The number of rotatable bonds is 7. The summed E-state index contributed by atoms with van der Waals surface area (Å²) in [6.45, 7) is 1.51. The zero-order valence-corrected chi connectivity index (χ0v) is 16.7. The highest BCUT2D eigenvalue weighted by Crippen LogP contribution is 2.28. The normalized spacial score (nSPS) is 11.2. The SMILES string of the molecule is C[C@@H](OC(=O)c1ccc(N(C)C)c([N+](=O)[O-])c1)C(=O)NC(=O)NCc1ccccc1. The fourth-order valence-electron chi connectivity index (χ4n) is 2.49. The van der Waals surface area contributed by atoms with E-state index in [0.717, 1.165) is 11.6 Å². The minimum Gasteiger partial charge on any atom is -0.449 e. The van der Waals surface area contributed by atoms with Gasteiger partial charge in [0, 0.05) is 26.7 Å². The van der Waals surface area contributed by atoms with E-state index in [-0.39, 0.29) is 17.8 Å². The first-order valence-corrected chi connectivity index (χ1v) is 8.98. The van der Waals surface area contributed by atoms with Gasteiger partial charge in [-0.25, -0.2) is 9.59 Å². The standard InChI is InChI=1S/C20H22N4O6/c1-13(18(25)22-20(27)21-12-14-7-5-4-6-8-14)30-19(26)15-9-10-16(23(2)3)17(11-15)24(28)29/h4-11,13H,12H2,1-3H3,(H2,21,22,25,27)/t13-/m1/s1. The van der Waals surface area contributed by atoms with Crippen LogP contribution in [0.1, 0.15) is 22.8 Å². The molecule has 2 aromatic carbocycles. The second kappa shape index (κ2) is 10.0. The van der Waals surface area contributed by atoms with E-state index in [2.05, 4.69) is 10.6 Å². The number of ether oxygens (including phenoxy) is 1. The van der Waals surface area contributed by atoms with Crippen LogP contribution < -0.4 is 15.5 Å². The van der Waals surface area contributed by atoms with Gasteiger partial charge < -0.3 is 15.0 Å². The molecule has 0 saturated heterocycles. The number of carbonyl (C=O) groups is 3. The molecule has 0 aliphatic rings. The van der Waals surface area contributed by atoms with Crippen LogP contribution in [0.5, 0.6) is 0 Å². The monoisotopic (exact) mass is 414 g/mol. The lowest BCUT2D eigenvalue weighted by Gasteiger charge is -2.15. The van der Waals surface area contributed by atoms with Gasteiger partial charge in [0.1, 0.15) is 5.69 Å². The molecule has 2 rings (SSSR count). The van der Waals surface area contributed by atoms with Crippen molar-refractivity contribution in [1.82, 2.24) is 10.6 Å². The van der Waals surface area contributed by atoms with Crippen molar-refractivity contribution in [1.29, 1.82) is 0 Å². The third kappa shape index (κ3) is 6.03. The molecule has 0 aromatic heterocycles. The molecule has 0 spiro atoms. The summed E-state index contributed by atoms with van der Waals surface area (Å²) in [6, 6.07) is 12.2. The van der Waals surface area contributed by atoms with Gasteiger partial charge in [-0.3, -0.25) is 20.2 Å². The second-order valence-corrected chi connectivity index (χ2v) is 6.56. The van der Waals surface area contributed by atoms with Gasteiger partial charge in [-0.15, -0.1) is 0 Å². The zero-order valence-electron chi connectivity index (χ0n) is 16.7. The van der Waals surface area contributed by atoms with Crippen molar-refractivity contribution in [2.45, 2.75) is 19.6 Å². The molecule has 30 heavy (non-hydrogen) atoms. The van der Waals surface area contributed by atoms with Crippen molar-refractivity contribution in [3.8, 4) is 0 Å². The smallest absolute Gasteiger partial charge is 0.339 e. The number of nitro benzene ring substituents is 1. The van der Waals surface area contributed by atoms with Crippen LogP contribution in [0.3, 0.4) is 0 Å². The second-order valence-electron chi connectivity index (χ2n) is 6.56. The van der Waals surface area contributed by atoms with Gasteiger partial charge in [0.15, 0.2) is 6.10 Å². The molecular weight excluding hydrogens is 392 g/mol. The summed E-state index contributed by atoms with van der Waals surface area (Å²) < 4.78 is 5.03. The summed E-state index contributed by atoms with van der Waals surface area (Å²) >= 11 is 0. The van der Waals surface area contributed by atoms with E-state index in [9.17, 15) is 24.5 Å². The number of nitrogens with zero attached hydrogens (tertiary/aromatic N) is 2. The Morgan fingerprint density at radius 3 is 2.40 bits per heavy atom. The quantitative estimate of drug-likeness (QED) is 0.403. The van der Waals surface area contributed by atoms with Gasteiger partial charge in [0.25, 0.3) is 11.6 Å². The summed E-state index contributed by atoms with van der Waals surface area (Å²) in [5.74, 6) is -1.75. The molecule has 0 saturated carbocycles. The maximum absolute atomic E-state index is 12.3. The van der Waals surface area contributed by atoms with Crippen LogP contribution in [0.2, 0.25) is 0 Å². The van der Waals surface area contributed by atoms with Crippen molar-refractivity contribution in [3.63, 3.8) is 0 Å². The lowest BCUT2D eigenvalue weighted by Crippen LogP contribution is -2.44. The van der Waals surface area contributed by atoms with Gasteiger partial charge in [0.2, 0.25) is 0 Å². The zero-order chi connectivity index (χ0) is 22.3. The predicted octanol–water partition coefficient (Wildman–Crippen LogP) is 2.23. The van der Waals surface area contributed by atoms with E-state index in [1.807, 2.05) is 30.3 Å². The van der Waals surface area contributed by atoms with Crippen LogP contribution in [0, 0.1) is 10.1 Å². The number of urea groups is 1. The first-order chi connectivity index (χ1) is 14.2. The molecule has 2 N–H and O–H groups in total. The molecule has 3 amide bonds. The molecule has 0 aliphatic heterocycles. The van der Waals surface area contributed by atoms with E-state index in [4.69, 9.17) is 4.74 Å². The number of hydrogen-bond acceptors (Lipinski definition) is 7. The number of amides is 3. The van der Waals surface area contributed by atoms with Crippen LogP contribution in [-0.2, 0) is 16.1 Å². The Hall–Kier alpha value is -3.95. The predicted molar refractivity (Wildman–Crippen MR) is 109 cm³/mol. The Balaban J connectivity index is 1.94. The maximum atomic E-state index is 12.3. The fourth-order valence-corrected chi connectivity index (χ4v) is 2.49. The molecule has 0 bridgehead atoms.